The summed E-state index contributed by atoms with van der Waals surface area (Å²) in [6.45, 7) is 2.95. The van der Waals surface area contributed by atoms with Crippen molar-refractivity contribution >= 4 is 5.78 Å². The Morgan fingerprint density at radius 2 is 2.22 bits per heavy atom. The molecule has 2 unspecified atom stereocenters. The fraction of sp³-hybridized carbons (Fsp3) is 0.842. The van der Waals surface area contributed by atoms with Gasteiger partial charge < -0.3 is 14.6 Å². The van der Waals surface area contributed by atoms with Gasteiger partial charge in [-0.05, 0) is 38.0 Å². The van der Waals surface area contributed by atoms with Gasteiger partial charge >= 0.3 is 0 Å². The summed E-state index contributed by atoms with van der Waals surface area (Å²) in [4.78, 5) is 11.7. The average molecular weight is 324 g/mol. The minimum absolute atomic E-state index is 0.0407. The van der Waals surface area contributed by atoms with Crippen LogP contribution in [0.3, 0.4) is 0 Å². The first kappa shape index (κ1) is 18.6. The number of ketones is 1. The smallest absolute Gasteiger partial charge is 0.158 e. The molecule has 4 nitrogen and oxygen atoms in total. The maximum atomic E-state index is 11.7. The molecule has 2 fully saturated rings. The van der Waals surface area contributed by atoms with E-state index in [4.69, 9.17) is 9.47 Å². The van der Waals surface area contributed by atoms with Gasteiger partial charge in [0.1, 0.15) is 5.78 Å². The van der Waals surface area contributed by atoms with Crippen molar-refractivity contribution in [2.45, 2.75) is 77.1 Å². The van der Waals surface area contributed by atoms with Gasteiger partial charge in [-0.2, -0.15) is 0 Å². The summed E-state index contributed by atoms with van der Waals surface area (Å²) in [5.74, 6) is 0.145. The van der Waals surface area contributed by atoms with Gasteiger partial charge in [-0.3, -0.25) is 4.79 Å². The van der Waals surface area contributed by atoms with Crippen LogP contribution >= 0.6 is 0 Å². The van der Waals surface area contributed by atoms with Gasteiger partial charge in [-0.15, -0.1) is 0 Å². The summed E-state index contributed by atoms with van der Waals surface area (Å²) in [7, 11) is 0. The van der Waals surface area contributed by atoms with Crippen molar-refractivity contribution in [1.82, 2.24) is 0 Å². The monoisotopic (exact) mass is 324 g/mol. The fourth-order valence-corrected chi connectivity index (χ4v) is 3.49. The Labute approximate surface area is 140 Å². The highest BCUT2D eigenvalue weighted by atomic mass is 16.7. The van der Waals surface area contributed by atoms with Crippen LogP contribution in [-0.2, 0) is 14.3 Å². The quantitative estimate of drug-likeness (QED) is 0.520. The van der Waals surface area contributed by atoms with Gasteiger partial charge in [0.15, 0.2) is 6.29 Å². The Morgan fingerprint density at radius 3 is 2.91 bits per heavy atom. The van der Waals surface area contributed by atoms with Gasteiger partial charge in [0.25, 0.3) is 0 Å². The first-order valence-corrected chi connectivity index (χ1v) is 9.33. The summed E-state index contributed by atoms with van der Waals surface area (Å²) in [5.41, 5.74) is 0. The lowest BCUT2D eigenvalue weighted by Gasteiger charge is -2.27. The van der Waals surface area contributed by atoms with Gasteiger partial charge in [-0.25, -0.2) is 0 Å². The maximum Gasteiger partial charge on any atom is 0.158 e. The zero-order chi connectivity index (χ0) is 16.5. The van der Waals surface area contributed by atoms with Gasteiger partial charge in [0.05, 0.1) is 12.7 Å². The number of Topliss-reactive ketones (excluding diaryl/α,β-unsaturated/α-hetero) is 1. The van der Waals surface area contributed by atoms with Gasteiger partial charge in [0, 0.05) is 18.9 Å². The third kappa shape index (κ3) is 6.02. The molecule has 1 aliphatic heterocycles. The van der Waals surface area contributed by atoms with E-state index in [-0.39, 0.29) is 36.6 Å². The van der Waals surface area contributed by atoms with E-state index in [9.17, 15) is 9.90 Å². The number of ether oxygens (including phenoxy) is 2. The van der Waals surface area contributed by atoms with Crippen LogP contribution in [0.2, 0.25) is 0 Å². The molecule has 0 bridgehead atoms. The molecule has 1 aliphatic carbocycles. The molecule has 0 aromatic rings. The highest BCUT2D eigenvalue weighted by Gasteiger charge is 2.32. The highest BCUT2D eigenvalue weighted by molar-refractivity contribution is 5.83. The summed E-state index contributed by atoms with van der Waals surface area (Å²) in [6.07, 6.45) is 13.4. The Kier molecular flexibility index (Phi) is 8.27. The molecule has 4 heteroatoms. The molecule has 0 amide bonds. The second-order valence-electron chi connectivity index (χ2n) is 6.81. The molecule has 0 aromatic carbocycles. The SMILES string of the molecule is CCCCCC(C=C[C@H]1CCC(=O)[C@@H]1CO)OC1CCCCO1. The van der Waals surface area contributed by atoms with Gasteiger partial charge in [-0.1, -0.05) is 38.3 Å². The van der Waals surface area contributed by atoms with E-state index < -0.39 is 0 Å². The number of hydrogen-bond acceptors (Lipinski definition) is 4. The normalized spacial score (nSPS) is 30.2. The lowest BCUT2D eigenvalue weighted by molar-refractivity contribution is -0.179. The number of hydrogen-bond donors (Lipinski definition) is 1. The van der Waals surface area contributed by atoms with Crippen LogP contribution < -0.4 is 0 Å². The number of allylic oxidation sites excluding steroid dienone is 1. The number of aliphatic hydroxyl groups excluding tert-OH is 1. The van der Waals surface area contributed by atoms with Crippen molar-refractivity contribution in [2.24, 2.45) is 11.8 Å². The van der Waals surface area contributed by atoms with Crippen LogP contribution in [-0.4, -0.2) is 36.5 Å². The minimum atomic E-state index is -0.214. The molecule has 1 saturated heterocycles. The largest absolute Gasteiger partial charge is 0.396 e. The molecule has 132 valence electrons. The standard InChI is InChI=1S/C19H32O4/c1-2-3-4-7-16(23-19-8-5-6-13-22-19)11-9-15-10-12-18(21)17(15)14-20/h9,11,15-17,19-20H,2-8,10,12-14H2,1H3/t15-,16?,17+,19?/m0/s1. The minimum Gasteiger partial charge on any atom is -0.396 e. The molecule has 0 spiro atoms. The summed E-state index contributed by atoms with van der Waals surface area (Å²) < 4.78 is 11.8. The Hall–Kier alpha value is -0.710. The third-order valence-electron chi connectivity index (χ3n) is 4.98. The predicted molar refractivity (Wildman–Crippen MR) is 90.1 cm³/mol. The first-order valence-electron chi connectivity index (χ1n) is 9.33. The Balaban J connectivity index is 1.89. The van der Waals surface area contributed by atoms with E-state index in [0.29, 0.717) is 6.42 Å². The lowest BCUT2D eigenvalue weighted by atomic mass is 9.95. The zero-order valence-electron chi connectivity index (χ0n) is 14.4. The topological polar surface area (TPSA) is 55.8 Å². The molecular weight excluding hydrogens is 292 g/mol. The number of rotatable bonds is 9. The molecule has 2 rings (SSSR count). The van der Waals surface area contributed by atoms with Crippen LogP contribution in [0.5, 0.6) is 0 Å². The number of carbonyl (C=O) groups is 1. The van der Waals surface area contributed by atoms with E-state index in [2.05, 4.69) is 19.1 Å². The average Bonchev–Trinajstić information content (AvgIpc) is 2.93. The van der Waals surface area contributed by atoms with Crippen molar-refractivity contribution in [1.29, 1.82) is 0 Å². The molecule has 0 aromatic heterocycles. The first-order chi connectivity index (χ1) is 11.2. The van der Waals surface area contributed by atoms with Crippen LogP contribution in [0.4, 0.5) is 0 Å². The van der Waals surface area contributed by atoms with E-state index >= 15 is 0 Å². The second kappa shape index (κ2) is 10.2. The Morgan fingerprint density at radius 1 is 1.35 bits per heavy atom. The van der Waals surface area contributed by atoms with Crippen LogP contribution in [0.1, 0.15) is 64.7 Å². The molecule has 1 saturated carbocycles. The predicted octanol–water partition coefficient (Wildman–Crippen LogP) is 3.62. The fourth-order valence-electron chi connectivity index (χ4n) is 3.49. The van der Waals surface area contributed by atoms with Crippen molar-refractivity contribution in [3.63, 3.8) is 0 Å². The maximum absolute atomic E-state index is 11.7. The van der Waals surface area contributed by atoms with Crippen LogP contribution in [0.25, 0.3) is 0 Å². The Bertz CT molecular complexity index is 374. The van der Waals surface area contributed by atoms with Crippen LogP contribution in [0.15, 0.2) is 12.2 Å². The third-order valence-corrected chi connectivity index (χ3v) is 4.98. The van der Waals surface area contributed by atoms with Crippen molar-refractivity contribution in [2.75, 3.05) is 13.2 Å². The molecule has 1 N–H and O–H groups in total. The molecule has 0 radical (unpaired) electrons. The molecule has 2 aliphatic rings. The summed E-state index contributed by atoms with van der Waals surface area (Å²) >= 11 is 0. The second-order valence-corrected chi connectivity index (χ2v) is 6.81. The van der Waals surface area contributed by atoms with Gasteiger partial charge in [0.2, 0.25) is 0 Å². The van der Waals surface area contributed by atoms with E-state index in [1.54, 1.807) is 0 Å². The number of carbonyl (C=O) groups excluding carboxylic acids is 1. The van der Waals surface area contributed by atoms with E-state index in [1.807, 2.05) is 0 Å². The lowest BCUT2D eigenvalue weighted by Crippen LogP contribution is -2.27. The van der Waals surface area contributed by atoms with Crippen molar-refractivity contribution in [3.05, 3.63) is 12.2 Å². The molecular formula is C19H32O4. The van der Waals surface area contributed by atoms with Crippen molar-refractivity contribution < 1.29 is 19.4 Å². The van der Waals surface area contributed by atoms with Crippen molar-refractivity contribution in [3.8, 4) is 0 Å². The molecule has 23 heavy (non-hydrogen) atoms. The summed E-state index contributed by atoms with van der Waals surface area (Å²) in [5, 5.41) is 9.40. The van der Waals surface area contributed by atoms with E-state index in [0.717, 1.165) is 38.7 Å². The zero-order valence-corrected chi connectivity index (χ0v) is 14.4. The van der Waals surface area contributed by atoms with Crippen LogP contribution in [0, 0.1) is 11.8 Å². The summed E-state index contributed by atoms with van der Waals surface area (Å²) in [6, 6.07) is 0. The van der Waals surface area contributed by atoms with E-state index in [1.165, 1.54) is 19.3 Å². The molecule has 1 heterocycles. The highest BCUT2D eigenvalue weighted by Crippen LogP contribution is 2.30. The molecule has 4 atom stereocenters. The number of aliphatic hydroxyl groups is 1. The number of unbranched alkanes of at least 4 members (excludes halogenated alkanes) is 2.